The van der Waals surface area contributed by atoms with Crippen LogP contribution in [-0.4, -0.2) is 41.8 Å². The van der Waals surface area contributed by atoms with Crippen LogP contribution in [0.25, 0.3) is 11.1 Å². The number of ether oxygens (including phenoxy) is 1. The van der Waals surface area contributed by atoms with Gasteiger partial charge in [0.05, 0.1) is 5.92 Å². The maximum Gasteiger partial charge on any atom is 0.407 e. The van der Waals surface area contributed by atoms with Gasteiger partial charge < -0.3 is 20.5 Å². The van der Waals surface area contributed by atoms with Gasteiger partial charge in [-0.25, -0.2) is 4.79 Å². The second kappa shape index (κ2) is 10.7. The molecule has 1 saturated carbocycles. The summed E-state index contributed by atoms with van der Waals surface area (Å²) < 4.78 is 5.60. The molecule has 0 aliphatic heterocycles. The maximum absolute atomic E-state index is 12.5. The molecule has 34 heavy (non-hydrogen) atoms. The topological polar surface area (TPSA) is 105 Å². The number of fused-ring (bicyclic) bond motifs is 3. The maximum atomic E-state index is 12.5. The van der Waals surface area contributed by atoms with Gasteiger partial charge in [-0.05, 0) is 54.4 Å². The summed E-state index contributed by atoms with van der Waals surface area (Å²) in [6, 6.07) is 16.0. The lowest BCUT2D eigenvalue weighted by Crippen LogP contribution is -2.43. The predicted molar refractivity (Wildman–Crippen MR) is 128 cm³/mol. The van der Waals surface area contributed by atoms with Crippen molar-refractivity contribution >= 4 is 18.0 Å². The predicted octanol–water partition coefficient (Wildman–Crippen LogP) is 4.45. The Balaban J connectivity index is 1.26. The van der Waals surface area contributed by atoms with E-state index in [1.807, 2.05) is 31.2 Å². The lowest BCUT2D eigenvalue weighted by molar-refractivity contribution is -0.142. The van der Waals surface area contributed by atoms with Gasteiger partial charge in [0.2, 0.25) is 5.91 Å². The summed E-state index contributed by atoms with van der Waals surface area (Å²) in [4.78, 5) is 36.1. The molecule has 0 radical (unpaired) electrons. The van der Waals surface area contributed by atoms with Crippen LogP contribution < -0.4 is 10.6 Å². The number of carbonyl (C=O) groups excluding carboxylic acids is 2. The van der Waals surface area contributed by atoms with Crippen LogP contribution in [0.5, 0.6) is 0 Å². The minimum Gasteiger partial charge on any atom is -0.481 e. The highest BCUT2D eigenvalue weighted by molar-refractivity contribution is 5.80. The molecule has 4 rings (SSSR count). The molecule has 7 heteroatoms. The highest BCUT2D eigenvalue weighted by Crippen LogP contribution is 2.44. The van der Waals surface area contributed by atoms with E-state index in [1.165, 1.54) is 11.1 Å². The van der Waals surface area contributed by atoms with Gasteiger partial charge in [0.25, 0.3) is 0 Å². The van der Waals surface area contributed by atoms with Crippen molar-refractivity contribution in [3.05, 3.63) is 59.7 Å². The summed E-state index contributed by atoms with van der Waals surface area (Å²) >= 11 is 0. The fourth-order valence-corrected chi connectivity index (χ4v) is 5.10. The van der Waals surface area contributed by atoms with Gasteiger partial charge in [0.1, 0.15) is 6.61 Å². The van der Waals surface area contributed by atoms with Crippen molar-refractivity contribution in [1.82, 2.24) is 10.6 Å². The molecular formula is C27H32N2O5. The van der Waals surface area contributed by atoms with Gasteiger partial charge in [-0.3, -0.25) is 9.59 Å². The van der Waals surface area contributed by atoms with Crippen molar-refractivity contribution in [2.75, 3.05) is 6.61 Å². The highest BCUT2D eigenvalue weighted by Gasteiger charge is 2.30. The molecule has 1 unspecified atom stereocenters. The zero-order valence-electron chi connectivity index (χ0n) is 19.5. The van der Waals surface area contributed by atoms with Gasteiger partial charge in [-0.1, -0.05) is 55.5 Å². The average molecular weight is 465 g/mol. The zero-order valence-corrected chi connectivity index (χ0v) is 19.5. The van der Waals surface area contributed by atoms with Crippen LogP contribution in [-0.2, 0) is 14.3 Å². The van der Waals surface area contributed by atoms with Crippen molar-refractivity contribution in [2.45, 2.75) is 63.5 Å². The molecule has 2 amide bonds. The standard InChI is InChI=1S/C27H32N2O5/c1-2-18(15-25(30)28-19-13-11-17(12-14-19)26(31)32)29-27(33)34-16-24-22-9-5-3-7-20(22)21-8-4-6-10-23(21)24/h3-10,17-19,24H,2,11-16H2,1H3,(H,28,30)(H,29,33)(H,31,32). The fraction of sp³-hybridized carbons (Fsp3) is 0.444. The van der Waals surface area contributed by atoms with E-state index in [4.69, 9.17) is 9.84 Å². The number of rotatable bonds is 8. The molecular weight excluding hydrogens is 432 g/mol. The highest BCUT2D eigenvalue weighted by atomic mass is 16.5. The van der Waals surface area contributed by atoms with E-state index in [2.05, 4.69) is 34.9 Å². The lowest BCUT2D eigenvalue weighted by atomic mass is 9.86. The Bertz CT molecular complexity index is 999. The van der Waals surface area contributed by atoms with Crippen LogP contribution in [0.2, 0.25) is 0 Å². The molecule has 1 atom stereocenters. The Labute approximate surface area is 199 Å². The minimum absolute atomic E-state index is 0.00457. The molecule has 2 aromatic carbocycles. The molecule has 180 valence electrons. The molecule has 2 aromatic rings. The number of benzene rings is 2. The van der Waals surface area contributed by atoms with Gasteiger partial charge in [0.15, 0.2) is 0 Å². The van der Waals surface area contributed by atoms with E-state index in [0.717, 1.165) is 11.1 Å². The minimum atomic E-state index is -0.761. The SMILES string of the molecule is CCC(CC(=O)NC1CCC(C(=O)O)CC1)NC(=O)OCC1c2ccccc2-c2ccccc21. The van der Waals surface area contributed by atoms with Crippen molar-refractivity contribution in [3.8, 4) is 11.1 Å². The number of hydrogen-bond acceptors (Lipinski definition) is 4. The molecule has 3 N–H and O–H groups in total. The van der Waals surface area contributed by atoms with Gasteiger partial charge in [0, 0.05) is 24.4 Å². The molecule has 0 aromatic heterocycles. The first kappa shape index (κ1) is 23.8. The Morgan fingerprint density at radius 1 is 0.971 bits per heavy atom. The Morgan fingerprint density at radius 3 is 2.12 bits per heavy atom. The van der Waals surface area contributed by atoms with E-state index in [0.29, 0.717) is 32.1 Å². The van der Waals surface area contributed by atoms with E-state index in [9.17, 15) is 14.4 Å². The summed E-state index contributed by atoms with van der Waals surface area (Å²) in [6.45, 7) is 2.15. The molecule has 1 fully saturated rings. The van der Waals surface area contributed by atoms with Crippen LogP contribution in [0.1, 0.15) is 62.5 Å². The zero-order chi connectivity index (χ0) is 24.1. The van der Waals surface area contributed by atoms with Crippen LogP contribution in [0.3, 0.4) is 0 Å². The van der Waals surface area contributed by atoms with E-state index in [1.54, 1.807) is 0 Å². The van der Waals surface area contributed by atoms with Crippen molar-refractivity contribution in [3.63, 3.8) is 0 Å². The monoisotopic (exact) mass is 464 g/mol. The number of amides is 2. The summed E-state index contributed by atoms with van der Waals surface area (Å²) in [6.07, 6.45) is 2.73. The van der Waals surface area contributed by atoms with E-state index in [-0.39, 0.29) is 42.9 Å². The third-order valence-corrected chi connectivity index (χ3v) is 7.03. The van der Waals surface area contributed by atoms with Crippen molar-refractivity contribution < 1.29 is 24.2 Å². The second-order valence-electron chi connectivity index (χ2n) is 9.23. The van der Waals surface area contributed by atoms with Crippen LogP contribution in [0.4, 0.5) is 4.79 Å². The smallest absolute Gasteiger partial charge is 0.407 e. The Hall–Kier alpha value is -3.35. The summed E-state index contributed by atoms with van der Waals surface area (Å²) in [5.74, 6) is -1.22. The molecule has 2 aliphatic carbocycles. The normalized spacial score (nSPS) is 20.0. The molecule has 2 aliphatic rings. The number of carboxylic acid groups (broad SMARTS) is 1. The first-order chi connectivity index (χ1) is 16.5. The Kier molecular flexibility index (Phi) is 7.50. The molecule has 0 saturated heterocycles. The molecule has 0 spiro atoms. The average Bonchev–Trinajstić information content (AvgIpc) is 3.16. The van der Waals surface area contributed by atoms with Gasteiger partial charge in [-0.15, -0.1) is 0 Å². The van der Waals surface area contributed by atoms with Crippen molar-refractivity contribution in [2.24, 2.45) is 5.92 Å². The first-order valence-electron chi connectivity index (χ1n) is 12.1. The molecule has 0 bridgehead atoms. The first-order valence-corrected chi connectivity index (χ1v) is 12.1. The second-order valence-corrected chi connectivity index (χ2v) is 9.23. The summed E-state index contributed by atoms with van der Waals surface area (Å²) in [5.41, 5.74) is 4.65. The number of nitrogens with one attached hydrogen (secondary N) is 2. The Morgan fingerprint density at radius 2 is 1.56 bits per heavy atom. The fourth-order valence-electron chi connectivity index (χ4n) is 5.10. The van der Waals surface area contributed by atoms with Crippen molar-refractivity contribution in [1.29, 1.82) is 0 Å². The largest absolute Gasteiger partial charge is 0.481 e. The number of alkyl carbamates (subject to hydrolysis) is 1. The molecule has 0 heterocycles. The number of carboxylic acids is 1. The van der Waals surface area contributed by atoms with Crippen LogP contribution in [0.15, 0.2) is 48.5 Å². The molecule has 7 nitrogen and oxygen atoms in total. The summed E-state index contributed by atoms with van der Waals surface area (Å²) in [7, 11) is 0. The van der Waals surface area contributed by atoms with Crippen LogP contribution >= 0.6 is 0 Å². The third-order valence-electron chi connectivity index (χ3n) is 7.03. The van der Waals surface area contributed by atoms with E-state index < -0.39 is 12.1 Å². The van der Waals surface area contributed by atoms with E-state index >= 15 is 0 Å². The third kappa shape index (κ3) is 5.41. The number of aliphatic carboxylic acids is 1. The number of carbonyl (C=O) groups is 3. The van der Waals surface area contributed by atoms with Crippen LogP contribution in [0, 0.1) is 5.92 Å². The quantitative estimate of drug-likeness (QED) is 0.535. The summed E-state index contributed by atoms with van der Waals surface area (Å²) in [5, 5.41) is 14.9. The van der Waals surface area contributed by atoms with Gasteiger partial charge in [-0.2, -0.15) is 0 Å². The number of hydrogen-bond donors (Lipinski definition) is 3. The van der Waals surface area contributed by atoms with Gasteiger partial charge >= 0.3 is 12.1 Å². The lowest BCUT2D eigenvalue weighted by Gasteiger charge is -2.27.